The number of nitro benzene ring substituents is 1. The van der Waals surface area contributed by atoms with E-state index in [2.05, 4.69) is 10.4 Å². The number of rotatable bonds is 3. The van der Waals surface area contributed by atoms with Crippen LogP contribution in [0.25, 0.3) is 0 Å². The predicted molar refractivity (Wildman–Crippen MR) is 61.3 cm³/mol. The Morgan fingerprint density at radius 1 is 1.50 bits per heavy atom. The van der Waals surface area contributed by atoms with E-state index >= 15 is 0 Å². The van der Waals surface area contributed by atoms with E-state index < -0.39 is 4.92 Å². The van der Waals surface area contributed by atoms with Gasteiger partial charge in [0.15, 0.2) is 0 Å². The molecule has 1 heterocycles. The third kappa shape index (κ3) is 1.95. The second-order valence-corrected chi connectivity index (χ2v) is 3.41. The summed E-state index contributed by atoms with van der Waals surface area (Å²) in [7, 11) is 0. The lowest BCUT2D eigenvalue weighted by molar-refractivity contribution is -0.384. The van der Waals surface area contributed by atoms with Gasteiger partial charge in [-0.15, -0.1) is 0 Å². The van der Waals surface area contributed by atoms with Gasteiger partial charge in [0.05, 0.1) is 10.6 Å². The van der Waals surface area contributed by atoms with Crippen molar-refractivity contribution in [3.63, 3.8) is 0 Å². The van der Waals surface area contributed by atoms with Crippen LogP contribution >= 0.6 is 0 Å². The summed E-state index contributed by atoms with van der Waals surface area (Å²) >= 11 is 0. The summed E-state index contributed by atoms with van der Waals surface area (Å²) in [4.78, 5) is 14.3. The number of aliphatic imine (C=N–C) groups is 1. The molecule has 0 amide bonds. The van der Waals surface area contributed by atoms with Gasteiger partial charge >= 0.3 is 0 Å². The molecule has 84 valence electrons. The lowest BCUT2D eigenvalue weighted by atomic mass is 10.3. The Labute approximate surface area is 92.7 Å². The van der Waals surface area contributed by atoms with Crippen molar-refractivity contribution in [3.8, 4) is 0 Å². The van der Waals surface area contributed by atoms with Crippen LogP contribution in [0.15, 0.2) is 29.3 Å². The zero-order valence-electron chi connectivity index (χ0n) is 8.88. The van der Waals surface area contributed by atoms with Gasteiger partial charge in [-0.05, 0) is 12.1 Å². The fraction of sp³-hybridized carbons (Fsp3) is 0.300. The Morgan fingerprint density at radius 2 is 2.19 bits per heavy atom. The number of hydrogen-bond acceptors (Lipinski definition) is 5. The molecule has 1 aliphatic rings. The summed E-state index contributed by atoms with van der Waals surface area (Å²) in [5.41, 5.74) is 4.09. The summed E-state index contributed by atoms with van der Waals surface area (Å²) in [6.45, 7) is 2.56. The van der Waals surface area contributed by atoms with Crippen molar-refractivity contribution in [1.82, 2.24) is 5.43 Å². The molecule has 1 aromatic rings. The van der Waals surface area contributed by atoms with Crippen molar-refractivity contribution < 1.29 is 4.92 Å². The highest BCUT2D eigenvalue weighted by Gasteiger charge is 2.14. The maximum absolute atomic E-state index is 10.5. The van der Waals surface area contributed by atoms with Crippen LogP contribution in [0.5, 0.6) is 0 Å². The summed E-state index contributed by atoms with van der Waals surface area (Å²) in [5, 5.41) is 12.3. The van der Waals surface area contributed by atoms with E-state index in [9.17, 15) is 10.1 Å². The largest absolute Gasteiger partial charge is 0.284 e. The molecule has 0 aromatic heterocycles. The number of hydrogen-bond donors (Lipinski definition) is 1. The third-order valence-corrected chi connectivity index (χ3v) is 2.37. The number of non-ortho nitro benzene ring substituents is 1. The molecule has 0 fully saturated rings. The average molecular weight is 220 g/mol. The second-order valence-electron chi connectivity index (χ2n) is 3.41. The van der Waals surface area contributed by atoms with Gasteiger partial charge in [-0.25, -0.2) is 4.99 Å². The lowest BCUT2D eigenvalue weighted by Crippen LogP contribution is -2.35. The maximum Gasteiger partial charge on any atom is 0.269 e. The number of nitrogens with one attached hydrogen (secondary N) is 1. The van der Waals surface area contributed by atoms with Crippen LogP contribution in [0.4, 0.5) is 11.4 Å². The molecular weight excluding hydrogens is 208 g/mol. The molecule has 1 aromatic carbocycles. The fourth-order valence-corrected chi connectivity index (χ4v) is 1.47. The third-order valence-electron chi connectivity index (χ3n) is 2.37. The van der Waals surface area contributed by atoms with Crippen molar-refractivity contribution in [1.29, 1.82) is 0 Å². The van der Waals surface area contributed by atoms with Crippen LogP contribution in [-0.4, -0.2) is 17.4 Å². The fourth-order valence-electron chi connectivity index (χ4n) is 1.47. The molecule has 1 N–H and O–H groups in total. The molecule has 1 aliphatic heterocycles. The summed E-state index contributed by atoms with van der Waals surface area (Å²) < 4.78 is 0. The van der Waals surface area contributed by atoms with Crippen molar-refractivity contribution in [2.24, 2.45) is 4.99 Å². The minimum Gasteiger partial charge on any atom is -0.284 e. The molecule has 6 heteroatoms. The van der Waals surface area contributed by atoms with E-state index in [1.807, 2.05) is 11.9 Å². The number of nitrogens with zero attached hydrogens (tertiary/aromatic N) is 3. The first-order valence-electron chi connectivity index (χ1n) is 5.02. The Bertz CT molecular complexity index is 427. The molecule has 0 unspecified atom stereocenters. The van der Waals surface area contributed by atoms with Gasteiger partial charge in [0.2, 0.25) is 0 Å². The monoisotopic (exact) mass is 220 g/mol. The molecule has 0 bridgehead atoms. The van der Waals surface area contributed by atoms with Crippen molar-refractivity contribution in [3.05, 3.63) is 34.4 Å². The maximum atomic E-state index is 10.5. The lowest BCUT2D eigenvalue weighted by Gasteiger charge is -2.17. The Morgan fingerprint density at radius 3 is 2.69 bits per heavy atom. The molecule has 0 saturated heterocycles. The Hall–Kier alpha value is -2.11. The van der Waals surface area contributed by atoms with Crippen LogP contribution in [0, 0.1) is 10.1 Å². The van der Waals surface area contributed by atoms with E-state index in [0.717, 1.165) is 17.9 Å². The minimum atomic E-state index is -0.408. The van der Waals surface area contributed by atoms with Crippen molar-refractivity contribution in [2.45, 2.75) is 13.3 Å². The zero-order valence-corrected chi connectivity index (χ0v) is 8.88. The van der Waals surface area contributed by atoms with E-state index in [1.54, 1.807) is 12.1 Å². The van der Waals surface area contributed by atoms with Crippen LogP contribution in [-0.2, 0) is 0 Å². The first-order valence-corrected chi connectivity index (χ1v) is 5.02. The molecule has 6 nitrogen and oxygen atoms in total. The molecular formula is C10H12N4O2. The molecule has 0 radical (unpaired) electrons. The topological polar surface area (TPSA) is 70.8 Å². The molecule has 16 heavy (non-hydrogen) atoms. The summed E-state index contributed by atoms with van der Waals surface area (Å²) in [5.74, 6) is 0.929. The average Bonchev–Trinajstić information content (AvgIpc) is 2.77. The van der Waals surface area contributed by atoms with Gasteiger partial charge in [-0.1, -0.05) is 6.92 Å². The summed E-state index contributed by atoms with van der Waals surface area (Å²) in [6.07, 6.45) is 0.851. The molecule has 0 atom stereocenters. The Balaban J connectivity index is 2.09. The van der Waals surface area contributed by atoms with Crippen molar-refractivity contribution in [2.75, 3.05) is 11.7 Å². The second kappa shape index (κ2) is 4.18. The highest BCUT2D eigenvalue weighted by molar-refractivity contribution is 5.85. The van der Waals surface area contributed by atoms with E-state index in [4.69, 9.17) is 0 Å². The van der Waals surface area contributed by atoms with E-state index in [1.165, 1.54) is 12.1 Å². The van der Waals surface area contributed by atoms with Crippen LogP contribution in [0.3, 0.4) is 0 Å². The smallest absolute Gasteiger partial charge is 0.269 e. The standard InChI is InChI=1S/C10H12N4O2/c1-2-10-11-7-13(12-10)8-3-5-9(6-4-8)14(15)16/h3-6H,2,7H2,1H3,(H,11,12). The normalized spacial score (nSPS) is 14.6. The number of hydrazine groups is 1. The number of amidine groups is 1. The highest BCUT2D eigenvalue weighted by Crippen LogP contribution is 2.19. The first kappa shape index (κ1) is 10.4. The van der Waals surface area contributed by atoms with E-state index in [0.29, 0.717) is 6.67 Å². The summed E-state index contributed by atoms with van der Waals surface area (Å²) in [6, 6.07) is 6.39. The van der Waals surface area contributed by atoms with Gasteiger partial charge in [-0.2, -0.15) is 0 Å². The quantitative estimate of drug-likeness (QED) is 0.621. The first-order chi connectivity index (χ1) is 7.70. The van der Waals surface area contributed by atoms with Gasteiger partial charge in [0.25, 0.3) is 5.69 Å². The van der Waals surface area contributed by atoms with Crippen LogP contribution in [0.1, 0.15) is 13.3 Å². The van der Waals surface area contributed by atoms with Crippen LogP contribution < -0.4 is 10.4 Å². The predicted octanol–water partition coefficient (Wildman–Crippen LogP) is 1.69. The van der Waals surface area contributed by atoms with Gasteiger partial charge in [-0.3, -0.25) is 20.5 Å². The zero-order chi connectivity index (χ0) is 11.5. The Kier molecular flexibility index (Phi) is 2.72. The SMILES string of the molecule is CCC1=NCN(c2ccc([N+](=O)[O-])cc2)N1. The van der Waals surface area contributed by atoms with Gasteiger partial charge < -0.3 is 0 Å². The number of nitro groups is 1. The number of anilines is 1. The van der Waals surface area contributed by atoms with E-state index in [-0.39, 0.29) is 5.69 Å². The van der Waals surface area contributed by atoms with Crippen LogP contribution in [0.2, 0.25) is 0 Å². The van der Waals surface area contributed by atoms with Gasteiger partial charge in [0.1, 0.15) is 12.5 Å². The number of benzene rings is 1. The van der Waals surface area contributed by atoms with Gasteiger partial charge in [0, 0.05) is 18.6 Å². The molecule has 0 spiro atoms. The molecule has 0 aliphatic carbocycles. The molecule has 2 rings (SSSR count). The highest BCUT2D eigenvalue weighted by atomic mass is 16.6. The minimum absolute atomic E-state index is 0.0968. The van der Waals surface area contributed by atoms with Crippen molar-refractivity contribution >= 4 is 17.2 Å². The molecule has 0 saturated carbocycles.